The van der Waals surface area contributed by atoms with E-state index in [9.17, 15) is 9.59 Å². The summed E-state index contributed by atoms with van der Waals surface area (Å²) < 4.78 is 9.13. The van der Waals surface area contributed by atoms with Crippen LogP contribution < -0.4 is 16.0 Å². The molecular formula is C21H27N5O3. The van der Waals surface area contributed by atoms with Crippen molar-refractivity contribution in [2.24, 2.45) is 12.8 Å². The molecular weight excluding hydrogens is 370 g/mol. The van der Waals surface area contributed by atoms with E-state index in [-0.39, 0.29) is 18.6 Å². The predicted molar refractivity (Wildman–Crippen MR) is 111 cm³/mol. The number of fused-ring (bicyclic) bond motifs is 1. The van der Waals surface area contributed by atoms with Gasteiger partial charge in [-0.15, -0.1) is 0 Å². The van der Waals surface area contributed by atoms with E-state index < -0.39 is 5.91 Å². The van der Waals surface area contributed by atoms with Gasteiger partial charge in [-0.1, -0.05) is 38.5 Å². The highest BCUT2D eigenvalue weighted by Gasteiger charge is 2.18. The first-order valence-electron chi connectivity index (χ1n) is 9.90. The Labute approximate surface area is 169 Å². The number of primary amides is 1. The lowest BCUT2D eigenvalue weighted by atomic mass is 10.1. The highest BCUT2D eigenvalue weighted by atomic mass is 16.5. The van der Waals surface area contributed by atoms with Crippen LogP contribution in [-0.2, 0) is 37.6 Å². The van der Waals surface area contributed by atoms with Gasteiger partial charge in [0.15, 0.2) is 5.52 Å². The number of hydrogen-bond acceptors (Lipinski definition) is 5. The number of ether oxygens (including phenoxy) is 1. The molecule has 0 spiro atoms. The average Bonchev–Trinajstić information content (AvgIpc) is 3.00. The van der Waals surface area contributed by atoms with Gasteiger partial charge < -0.3 is 10.5 Å². The lowest BCUT2D eigenvalue weighted by Crippen LogP contribution is -2.28. The summed E-state index contributed by atoms with van der Waals surface area (Å²) in [5.41, 5.74) is 7.99. The van der Waals surface area contributed by atoms with Crippen LogP contribution in [0.15, 0.2) is 29.1 Å². The molecule has 8 nitrogen and oxygen atoms in total. The molecule has 0 unspecified atom stereocenters. The van der Waals surface area contributed by atoms with Gasteiger partial charge in [0.05, 0.1) is 18.7 Å². The minimum Gasteiger partial charge on any atom is -0.491 e. The fourth-order valence-corrected chi connectivity index (χ4v) is 3.49. The molecule has 0 radical (unpaired) electrons. The third kappa shape index (κ3) is 4.31. The third-order valence-electron chi connectivity index (χ3n) is 4.80. The quantitative estimate of drug-likeness (QED) is 0.592. The Hall–Kier alpha value is -3.16. The number of amides is 1. The Kier molecular flexibility index (Phi) is 6.31. The fourth-order valence-electron chi connectivity index (χ4n) is 3.49. The van der Waals surface area contributed by atoms with E-state index in [1.54, 1.807) is 22.4 Å². The summed E-state index contributed by atoms with van der Waals surface area (Å²) in [7, 11) is 1.77. The number of benzene rings is 1. The van der Waals surface area contributed by atoms with E-state index in [4.69, 9.17) is 15.5 Å². The number of para-hydroxylation sites is 1. The zero-order valence-electron chi connectivity index (χ0n) is 17.1. The van der Waals surface area contributed by atoms with Gasteiger partial charge in [0.2, 0.25) is 5.91 Å². The van der Waals surface area contributed by atoms with Crippen LogP contribution in [0.4, 0.5) is 0 Å². The number of carbonyl (C=O) groups is 1. The van der Waals surface area contributed by atoms with Gasteiger partial charge in [-0.2, -0.15) is 5.10 Å². The smallest absolute Gasteiger partial charge is 0.279 e. The Morgan fingerprint density at radius 3 is 2.69 bits per heavy atom. The Morgan fingerprint density at radius 1 is 1.24 bits per heavy atom. The molecule has 1 aromatic carbocycles. The minimum absolute atomic E-state index is 0.110. The first-order valence-corrected chi connectivity index (χ1v) is 9.90. The van der Waals surface area contributed by atoms with Crippen LogP contribution in [0.2, 0.25) is 0 Å². The van der Waals surface area contributed by atoms with E-state index in [1.807, 2.05) is 25.1 Å². The van der Waals surface area contributed by atoms with Crippen LogP contribution in [0, 0.1) is 0 Å². The second-order valence-electron chi connectivity index (χ2n) is 6.96. The monoisotopic (exact) mass is 397 g/mol. The van der Waals surface area contributed by atoms with Gasteiger partial charge in [-0.25, -0.2) is 4.98 Å². The van der Waals surface area contributed by atoms with Crippen LogP contribution in [0.3, 0.4) is 0 Å². The van der Waals surface area contributed by atoms with Crippen LogP contribution in [0.25, 0.3) is 11.0 Å². The summed E-state index contributed by atoms with van der Waals surface area (Å²) in [5, 5.41) is 4.49. The SMILES string of the molecule is CCCc1nn(C)c2c(=O)n(CCOc3ccccc3CC(N)=O)c(CC)nc12. The number of nitrogens with zero attached hydrogens (tertiary/aromatic N) is 4. The molecule has 8 heteroatoms. The maximum absolute atomic E-state index is 13.1. The van der Waals surface area contributed by atoms with Gasteiger partial charge in [-0.05, 0) is 12.5 Å². The lowest BCUT2D eigenvalue weighted by Gasteiger charge is -2.14. The maximum atomic E-state index is 13.1. The zero-order chi connectivity index (χ0) is 21.0. The molecule has 0 aliphatic heterocycles. The standard InChI is InChI=1S/C21H27N5O3/c1-4-8-15-19-20(25(3)24-15)21(28)26(18(5-2)23-19)11-12-29-16-10-7-6-9-14(16)13-17(22)27/h6-7,9-10H,4-5,8,11-13H2,1-3H3,(H2,22,27). The zero-order valence-corrected chi connectivity index (χ0v) is 17.1. The fraction of sp³-hybridized carbons (Fsp3) is 0.429. The molecule has 2 N–H and O–H groups in total. The topological polar surface area (TPSA) is 105 Å². The second-order valence-corrected chi connectivity index (χ2v) is 6.96. The van der Waals surface area contributed by atoms with Crippen molar-refractivity contribution in [1.29, 1.82) is 0 Å². The number of aromatic nitrogens is 4. The normalized spacial score (nSPS) is 11.1. The highest BCUT2D eigenvalue weighted by molar-refractivity contribution is 5.77. The molecule has 0 bridgehead atoms. The lowest BCUT2D eigenvalue weighted by molar-refractivity contribution is -0.117. The summed E-state index contributed by atoms with van der Waals surface area (Å²) in [6.07, 6.45) is 2.47. The molecule has 0 saturated heterocycles. The van der Waals surface area contributed by atoms with Gasteiger partial charge in [-0.3, -0.25) is 18.8 Å². The molecule has 0 aliphatic carbocycles. The molecule has 0 fully saturated rings. The van der Waals surface area contributed by atoms with Crippen LogP contribution >= 0.6 is 0 Å². The molecule has 29 heavy (non-hydrogen) atoms. The van der Waals surface area contributed by atoms with Crippen LogP contribution in [0.5, 0.6) is 5.75 Å². The van der Waals surface area contributed by atoms with Crippen molar-refractivity contribution in [1.82, 2.24) is 19.3 Å². The summed E-state index contributed by atoms with van der Waals surface area (Å²) in [4.78, 5) is 29.1. The first kappa shape index (κ1) is 20.6. The number of hydrogen-bond donors (Lipinski definition) is 1. The predicted octanol–water partition coefficient (Wildman–Crippen LogP) is 1.75. The minimum atomic E-state index is -0.417. The summed E-state index contributed by atoms with van der Waals surface area (Å²) in [5.74, 6) is 0.887. The van der Waals surface area contributed by atoms with Crippen molar-refractivity contribution in [3.05, 3.63) is 51.7 Å². The van der Waals surface area contributed by atoms with E-state index in [0.717, 1.165) is 24.1 Å². The van der Waals surface area contributed by atoms with Crippen molar-refractivity contribution in [2.45, 2.75) is 46.1 Å². The van der Waals surface area contributed by atoms with Crippen molar-refractivity contribution in [3.63, 3.8) is 0 Å². The van der Waals surface area contributed by atoms with Gasteiger partial charge in [0, 0.05) is 19.0 Å². The van der Waals surface area contributed by atoms with Crippen LogP contribution in [-0.4, -0.2) is 31.8 Å². The average molecular weight is 397 g/mol. The van der Waals surface area contributed by atoms with Crippen molar-refractivity contribution >= 4 is 16.9 Å². The third-order valence-corrected chi connectivity index (χ3v) is 4.80. The van der Waals surface area contributed by atoms with Crippen molar-refractivity contribution in [2.75, 3.05) is 6.61 Å². The molecule has 2 aromatic heterocycles. The second kappa shape index (κ2) is 8.89. The van der Waals surface area contributed by atoms with Crippen molar-refractivity contribution < 1.29 is 9.53 Å². The molecule has 3 rings (SSSR count). The van der Waals surface area contributed by atoms with E-state index in [0.29, 0.717) is 35.6 Å². The molecule has 0 atom stereocenters. The summed E-state index contributed by atoms with van der Waals surface area (Å²) in [6.45, 7) is 4.68. The summed E-state index contributed by atoms with van der Waals surface area (Å²) in [6, 6.07) is 7.27. The van der Waals surface area contributed by atoms with Gasteiger partial charge in [0.1, 0.15) is 23.7 Å². The van der Waals surface area contributed by atoms with E-state index in [2.05, 4.69) is 12.0 Å². The van der Waals surface area contributed by atoms with Crippen LogP contribution in [0.1, 0.15) is 37.4 Å². The summed E-state index contributed by atoms with van der Waals surface area (Å²) >= 11 is 0. The molecule has 0 saturated carbocycles. The Balaban J connectivity index is 1.87. The Bertz CT molecular complexity index is 1080. The molecule has 2 heterocycles. The number of rotatable bonds is 9. The van der Waals surface area contributed by atoms with Crippen molar-refractivity contribution in [3.8, 4) is 5.75 Å². The molecule has 1 amide bonds. The molecule has 0 aliphatic rings. The van der Waals surface area contributed by atoms with E-state index in [1.165, 1.54) is 0 Å². The maximum Gasteiger partial charge on any atom is 0.279 e. The van der Waals surface area contributed by atoms with E-state index >= 15 is 0 Å². The Morgan fingerprint density at radius 2 is 2.00 bits per heavy atom. The number of carbonyl (C=O) groups excluding carboxylic acids is 1. The largest absolute Gasteiger partial charge is 0.491 e. The van der Waals surface area contributed by atoms with Gasteiger partial charge in [0.25, 0.3) is 5.56 Å². The van der Waals surface area contributed by atoms with Gasteiger partial charge >= 0.3 is 0 Å². The molecule has 3 aromatic rings. The molecule has 154 valence electrons. The highest BCUT2D eigenvalue weighted by Crippen LogP contribution is 2.19. The first-order chi connectivity index (χ1) is 14.0. The number of aryl methyl sites for hydroxylation is 3. The number of nitrogens with two attached hydrogens (primary N) is 1.